The summed E-state index contributed by atoms with van der Waals surface area (Å²) < 4.78 is 5.99. The van der Waals surface area contributed by atoms with Crippen LogP contribution in [0.4, 0.5) is 10.8 Å². The number of non-ortho nitro benzene ring substituents is 1. The Morgan fingerprint density at radius 1 is 1.32 bits per heavy atom. The molecule has 0 saturated carbocycles. The average Bonchev–Trinajstić information content (AvgIpc) is 3.36. The molecule has 0 spiro atoms. The predicted octanol–water partition coefficient (Wildman–Crippen LogP) is 2.09. The molecule has 0 aliphatic carbocycles. The van der Waals surface area contributed by atoms with Crippen LogP contribution in [0.15, 0.2) is 28.6 Å². The monoisotopic (exact) mass is 423 g/mol. The molecule has 0 radical (unpaired) electrons. The van der Waals surface area contributed by atoms with Gasteiger partial charge in [-0.15, -0.1) is 10.2 Å². The Balaban J connectivity index is 1.44. The van der Waals surface area contributed by atoms with E-state index < -0.39 is 10.8 Å². The second kappa shape index (κ2) is 9.57. The van der Waals surface area contributed by atoms with Crippen LogP contribution in [-0.4, -0.2) is 51.9 Å². The highest BCUT2D eigenvalue weighted by Crippen LogP contribution is 2.25. The average molecular weight is 423 g/mol. The number of anilines is 1. The Labute approximate surface area is 168 Å². The van der Waals surface area contributed by atoms with Crippen LogP contribution in [0.3, 0.4) is 0 Å². The number of benzene rings is 1. The van der Waals surface area contributed by atoms with Gasteiger partial charge in [-0.25, -0.2) is 0 Å². The van der Waals surface area contributed by atoms with Crippen LogP contribution < -0.4 is 10.6 Å². The number of ether oxygens (including phenoxy) is 1. The quantitative estimate of drug-likeness (QED) is 0.285. The minimum Gasteiger partial charge on any atom is -0.376 e. The van der Waals surface area contributed by atoms with E-state index in [-0.39, 0.29) is 34.1 Å². The first-order valence-corrected chi connectivity index (χ1v) is 10.2. The van der Waals surface area contributed by atoms with Crippen LogP contribution in [0, 0.1) is 10.1 Å². The molecule has 1 aliphatic heterocycles. The molecule has 28 heavy (non-hydrogen) atoms. The summed E-state index contributed by atoms with van der Waals surface area (Å²) in [6, 6.07) is 5.24. The van der Waals surface area contributed by atoms with Crippen molar-refractivity contribution in [2.24, 2.45) is 0 Å². The van der Waals surface area contributed by atoms with Gasteiger partial charge in [-0.1, -0.05) is 23.1 Å². The lowest BCUT2D eigenvalue weighted by Gasteiger charge is -2.09. The van der Waals surface area contributed by atoms with Gasteiger partial charge in [0.05, 0.1) is 16.8 Å². The summed E-state index contributed by atoms with van der Waals surface area (Å²) in [4.78, 5) is 34.1. The number of aromatic nitrogens is 2. The molecule has 2 heterocycles. The fourth-order valence-corrected chi connectivity index (χ4v) is 4.01. The third kappa shape index (κ3) is 5.71. The number of carbonyl (C=O) groups is 2. The minimum absolute atomic E-state index is 0.0936. The predicted molar refractivity (Wildman–Crippen MR) is 104 cm³/mol. The van der Waals surface area contributed by atoms with Crippen LogP contribution >= 0.6 is 23.1 Å². The second-order valence-electron chi connectivity index (χ2n) is 5.86. The third-order valence-corrected chi connectivity index (χ3v) is 5.82. The molecule has 1 unspecified atom stereocenters. The molecule has 1 atom stereocenters. The van der Waals surface area contributed by atoms with Gasteiger partial charge >= 0.3 is 0 Å². The van der Waals surface area contributed by atoms with Gasteiger partial charge in [0.15, 0.2) is 4.34 Å². The van der Waals surface area contributed by atoms with E-state index in [1.807, 2.05) is 0 Å². The van der Waals surface area contributed by atoms with Gasteiger partial charge in [-0.3, -0.25) is 25.0 Å². The van der Waals surface area contributed by atoms with Crippen molar-refractivity contribution in [2.75, 3.05) is 24.2 Å². The van der Waals surface area contributed by atoms with Crippen molar-refractivity contribution < 1.29 is 19.2 Å². The molecule has 2 amide bonds. The van der Waals surface area contributed by atoms with Crippen molar-refractivity contribution in [3.05, 3.63) is 39.9 Å². The molecule has 0 bridgehead atoms. The van der Waals surface area contributed by atoms with Crippen LogP contribution in [-0.2, 0) is 9.53 Å². The fourth-order valence-electron chi connectivity index (χ4n) is 2.43. The number of amides is 2. The van der Waals surface area contributed by atoms with Crippen molar-refractivity contribution >= 4 is 45.7 Å². The molecule has 2 aromatic rings. The van der Waals surface area contributed by atoms with Gasteiger partial charge in [0.1, 0.15) is 0 Å². The van der Waals surface area contributed by atoms with Gasteiger partial charge in [0.25, 0.3) is 11.6 Å². The van der Waals surface area contributed by atoms with Crippen LogP contribution in [0.5, 0.6) is 0 Å². The topological polar surface area (TPSA) is 136 Å². The maximum atomic E-state index is 12.2. The highest BCUT2D eigenvalue weighted by atomic mass is 32.2. The number of nitro groups is 1. The Hall–Kier alpha value is -2.57. The SMILES string of the molecule is O=C(CSc1nnc(NC(=O)c2ccc([N+](=O)[O-])cc2)s1)NCC1CCCO1. The van der Waals surface area contributed by atoms with Crippen molar-refractivity contribution in [3.63, 3.8) is 0 Å². The zero-order valence-electron chi connectivity index (χ0n) is 14.6. The number of carbonyl (C=O) groups excluding carboxylic acids is 2. The Morgan fingerprint density at radius 2 is 2.11 bits per heavy atom. The van der Waals surface area contributed by atoms with E-state index in [0.29, 0.717) is 10.9 Å². The van der Waals surface area contributed by atoms with E-state index in [1.54, 1.807) is 0 Å². The summed E-state index contributed by atoms with van der Waals surface area (Å²) in [5, 5.41) is 24.1. The molecule has 10 nitrogen and oxygen atoms in total. The van der Waals surface area contributed by atoms with Crippen LogP contribution in [0.1, 0.15) is 23.2 Å². The van der Waals surface area contributed by atoms with E-state index >= 15 is 0 Å². The Bertz CT molecular complexity index is 851. The maximum Gasteiger partial charge on any atom is 0.269 e. The number of thioether (sulfide) groups is 1. The summed E-state index contributed by atoms with van der Waals surface area (Å²) >= 11 is 2.37. The molecule has 12 heteroatoms. The Morgan fingerprint density at radius 3 is 2.79 bits per heavy atom. The zero-order chi connectivity index (χ0) is 19.9. The first kappa shape index (κ1) is 20.2. The van der Waals surface area contributed by atoms with Crippen molar-refractivity contribution in [1.82, 2.24) is 15.5 Å². The van der Waals surface area contributed by atoms with Crippen molar-refractivity contribution in [3.8, 4) is 0 Å². The van der Waals surface area contributed by atoms with Gasteiger partial charge in [-0.05, 0) is 25.0 Å². The van der Waals surface area contributed by atoms with Crippen LogP contribution in [0.2, 0.25) is 0 Å². The van der Waals surface area contributed by atoms with Crippen LogP contribution in [0.25, 0.3) is 0 Å². The summed E-state index contributed by atoms with van der Waals surface area (Å²) in [5.41, 5.74) is 0.174. The van der Waals surface area contributed by atoms with E-state index in [1.165, 1.54) is 36.0 Å². The summed E-state index contributed by atoms with van der Waals surface area (Å²) in [5.74, 6) is -0.374. The first-order valence-electron chi connectivity index (χ1n) is 8.41. The number of rotatable bonds is 8. The highest BCUT2D eigenvalue weighted by molar-refractivity contribution is 8.01. The number of nitro benzene ring substituents is 1. The lowest BCUT2D eigenvalue weighted by atomic mass is 10.2. The van der Waals surface area contributed by atoms with Crippen molar-refractivity contribution in [2.45, 2.75) is 23.3 Å². The van der Waals surface area contributed by atoms with Gasteiger partial charge in [-0.2, -0.15) is 0 Å². The molecule has 2 N–H and O–H groups in total. The van der Waals surface area contributed by atoms with Crippen molar-refractivity contribution in [1.29, 1.82) is 0 Å². The molecule has 1 aromatic heterocycles. The lowest BCUT2D eigenvalue weighted by Crippen LogP contribution is -2.32. The molecule has 1 aromatic carbocycles. The number of nitrogens with zero attached hydrogens (tertiary/aromatic N) is 3. The molecule has 1 fully saturated rings. The van der Waals surface area contributed by atoms with E-state index in [4.69, 9.17) is 4.74 Å². The van der Waals surface area contributed by atoms with Gasteiger partial charge in [0.2, 0.25) is 11.0 Å². The largest absolute Gasteiger partial charge is 0.376 e. The second-order valence-corrected chi connectivity index (χ2v) is 8.06. The number of hydrogen-bond acceptors (Lipinski definition) is 9. The molecule has 3 rings (SSSR count). The molecular formula is C16H17N5O5S2. The maximum absolute atomic E-state index is 12.2. The number of hydrogen-bond donors (Lipinski definition) is 2. The smallest absolute Gasteiger partial charge is 0.269 e. The molecule has 1 saturated heterocycles. The lowest BCUT2D eigenvalue weighted by molar-refractivity contribution is -0.384. The minimum atomic E-state index is -0.535. The molecular weight excluding hydrogens is 406 g/mol. The molecule has 1 aliphatic rings. The Kier molecular flexibility index (Phi) is 6.90. The third-order valence-electron chi connectivity index (χ3n) is 3.84. The zero-order valence-corrected chi connectivity index (χ0v) is 16.3. The summed E-state index contributed by atoms with van der Waals surface area (Å²) in [7, 11) is 0. The normalized spacial score (nSPS) is 15.9. The van der Waals surface area contributed by atoms with Gasteiger partial charge < -0.3 is 10.1 Å². The number of nitrogens with one attached hydrogen (secondary N) is 2. The van der Waals surface area contributed by atoms with E-state index in [2.05, 4.69) is 20.8 Å². The summed E-state index contributed by atoms with van der Waals surface area (Å²) in [6.45, 7) is 1.25. The standard InChI is InChI=1S/C16H17N5O5S2/c22-13(17-8-12-2-1-7-26-12)9-27-16-20-19-15(28-16)18-14(23)10-3-5-11(6-4-10)21(24)25/h3-6,12H,1-2,7-9H2,(H,17,22)(H,18,19,23). The first-order chi connectivity index (χ1) is 13.5. The van der Waals surface area contributed by atoms with E-state index in [9.17, 15) is 19.7 Å². The fraction of sp³-hybridized carbons (Fsp3) is 0.375. The van der Waals surface area contributed by atoms with E-state index in [0.717, 1.165) is 30.8 Å². The van der Waals surface area contributed by atoms with Gasteiger partial charge in [0, 0.05) is 30.8 Å². The summed E-state index contributed by atoms with van der Waals surface area (Å²) in [6.07, 6.45) is 2.08. The highest BCUT2D eigenvalue weighted by Gasteiger charge is 2.17. The molecule has 148 valence electrons.